The maximum absolute atomic E-state index is 14.5. The Morgan fingerprint density at radius 1 is 0.949 bits per heavy atom. The molecule has 0 unspecified atom stereocenters. The molecule has 312 valence electrons. The van der Waals surface area contributed by atoms with Crippen molar-refractivity contribution in [3.63, 3.8) is 0 Å². The molecule has 1 amide bonds. The SMILES string of the molecule is N[C@@H]1NC(=O)[C@@H]2NCN(c3ccccc3[C@H]3CCOC4(CCCC4)[C@@H]4O[C@H](Oc5c3cc3c(c5OC[C@H](O)CC=O)C(=O)c5ccccc5C3=O)[C@@H](O)[C@H](O)[C@H]4O)[C@H]2N1. The first-order chi connectivity index (χ1) is 28.5. The molecule has 1 spiro atoms. The third-order valence-electron chi connectivity index (χ3n) is 12.6. The van der Waals surface area contributed by atoms with Gasteiger partial charge in [0.2, 0.25) is 12.2 Å². The Bertz CT molecular complexity index is 2160. The fourth-order valence-electron chi connectivity index (χ4n) is 9.70. The van der Waals surface area contributed by atoms with E-state index in [1.54, 1.807) is 24.3 Å². The van der Waals surface area contributed by atoms with E-state index in [1.165, 1.54) is 6.07 Å². The van der Waals surface area contributed by atoms with Crippen LogP contribution in [0.4, 0.5) is 5.69 Å². The van der Waals surface area contributed by atoms with Gasteiger partial charge in [0.25, 0.3) is 0 Å². The molecule has 2 aliphatic carbocycles. The number of nitrogens with two attached hydrogens (primary N) is 1. The lowest BCUT2D eigenvalue weighted by atomic mass is 9.79. The lowest BCUT2D eigenvalue weighted by molar-refractivity contribution is -0.309. The Morgan fingerprint density at radius 2 is 1.68 bits per heavy atom. The van der Waals surface area contributed by atoms with Crippen LogP contribution in [0.5, 0.6) is 11.5 Å². The van der Waals surface area contributed by atoms with Crippen molar-refractivity contribution in [3.8, 4) is 11.5 Å². The predicted octanol–water partition coefficient (Wildman–Crippen LogP) is -0.134. The molecule has 59 heavy (non-hydrogen) atoms. The highest BCUT2D eigenvalue weighted by Crippen LogP contribution is 2.51. The zero-order valence-electron chi connectivity index (χ0n) is 32.0. The number of ketones is 2. The van der Waals surface area contributed by atoms with Crippen molar-refractivity contribution in [1.29, 1.82) is 0 Å². The van der Waals surface area contributed by atoms with Crippen LogP contribution < -0.4 is 36.1 Å². The van der Waals surface area contributed by atoms with Crippen molar-refractivity contribution < 1.29 is 58.6 Å². The fraction of sp³-hybridized carbons (Fsp3) is 0.476. The largest absolute Gasteiger partial charge is 0.486 e. The van der Waals surface area contributed by atoms with E-state index in [0.717, 1.165) is 12.8 Å². The van der Waals surface area contributed by atoms with Crippen LogP contribution in [0.1, 0.15) is 87.4 Å². The Morgan fingerprint density at radius 3 is 2.44 bits per heavy atom. The van der Waals surface area contributed by atoms with Crippen molar-refractivity contribution in [3.05, 3.63) is 88.0 Å². The number of ether oxygens (including phenoxy) is 4. The van der Waals surface area contributed by atoms with E-state index in [1.807, 2.05) is 29.2 Å². The van der Waals surface area contributed by atoms with E-state index >= 15 is 0 Å². The first-order valence-electron chi connectivity index (χ1n) is 20.1. The number of nitrogens with zero attached hydrogens (tertiary/aromatic N) is 1. The van der Waals surface area contributed by atoms with Gasteiger partial charge in [-0.25, -0.2) is 0 Å². The Kier molecular flexibility index (Phi) is 10.5. The molecule has 4 aliphatic heterocycles. The minimum Gasteiger partial charge on any atom is -0.486 e. The number of aldehydes is 1. The Hall–Kier alpha value is -4.82. The molecule has 3 aromatic carbocycles. The summed E-state index contributed by atoms with van der Waals surface area (Å²) in [6, 6.07) is 14.8. The monoisotopic (exact) mass is 813 g/mol. The summed E-state index contributed by atoms with van der Waals surface area (Å²) in [5.41, 5.74) is 6.98. The van der Waals surface area contributed by atoms with Crippen molar-refractivity contribution in [2.45, 2.75) is 105 Å². The number of benzene rings is 3. The molecule has 0 aromatic heterocycles. The first-order valence-corrected chi connectivity index (χ1v) is 20.1. The molecule has 4 heterocycles. The van der Waals surface area contributed by atoms with Gasteiger partial charge in [0, 0.05) is 46.9 Å². The molecule has 0 radical (unpaired) electrons. The summed E-state index contributed by atoms with van der Waals surface area (Å²) >= 11 is 0. The molecule has 3 aromatic rings. The number of hydrogen-bond acceptors (Lipinski definition) is 16. The topological polar surface area (TPSA) is 251 Å². The van der Waals surface area contributed by atoms with E-state index in [4.69, 9.17) is 24.7 Å². The van der Waals surface area contributed by atoms with Crippen molar-refractivity contribution in [1.82, 2.24) is 16.0 Å². The Balaban J connectivity index is 1.28. The summed E-state index contributed by atoms with van der Waals surface area (Å²) in [4.78, 5) is 55.5. The highest BCUT2D eigenvalue weighted by atomic mass is 16.7. The van der Waals surface area contributed by atoms with Crippen molar-refractivity contribution >= 4 is 29.4 Å². The molecule has 1 saturated carbocycles. The number of amides is 1. The average molecular weight is 814 g/mol. The zero-order chi connectivity index (χ0) is 41.2. The van der Waals surface area contributed by atoms with E-state index in [0.29, 0.717) is 35.9 Å². The molecule has 9 rings (SSSR count). The molecule has 2 bridgehead atoms. The van der Waals surface area contributed by atoms with Gasteiger partial charge in [0.15, 0.2) is 23.1 Å². The summed E-state index contributed by atoms with van der Waals surface area (Å²) in [6.45, 7) is -0.146. The average Bonchev–Trinajstić information content (AvgIpc) is 3.89. The minimum atomic E-state index is -1.80. The number of nitrogens with one attached hydrogen (secondary N) is 3. The van der Waals surface area contributed by atoms with Gasteiger partial charge in [0.05, 0.1) is 23.9 Å². The number of carbonyl (C=O) groups is 4. The number of para-hydroxylation sites is 1. The maximum Gasteiger partial charge on any atom is 0.242 e. The van der Waals surface area contributed by atoms with Crippen molar-refractivity contribution in [2.75, 3.05) is 24.8 Å². The van der Waals surface area contributed by atoms with Gasteiger partial charge in [-0.05, 0) is 37.0 Å². The fourth-order valence-corrected chi connectivity index (χ4v) is 9.70. The van der Waals surface area contributed by atoms with Gasteiger partial charge in [-0.15, -0.1) is 0 Å². The highest BCUT2D eigenvalue weighted by molar-refractivity contribution is 6.29. The van der Waals surface area contributed by atoms with Gasteiger partial charge in [0.1, 0.15) is 55.8 Å². The minimum absolute atomic E-state index is 0.000554. The normalized spacial score (nSPS) is 31.5. The van der Waals surface area contributed by atoms with Gasteiger partial charge in [-0.1, -0.05) is 55.3 Å². The molecule has 6 aliphatic rings. The molecule has 3 saturated heterocycles. The number of rotatable bonds is 7. The van der Waals surface area contributed by atoms with Crippen LogP contribution in [0, 0.1) is 0 Å². The second kappa shape index (κ2) is 15.7. The first kappa shape index (κ1) is 39.6. The summed E-state index contributed by atoms with van der Waals surface area (Å²) < 4.78 is 26.2. The standard InChI is InChI=1S/C42H47N5O12/c43-41-45-38-29(39(55)46-41)44-19-47(38)27-10-4-3-7-22(27)21-12-16-57-42(13-5-6-14-42)37-33(53)32(52)34(54)40(59-37)58-35-25(21)17-26-28(36(35)56-18-20(49)11-15-48)31(51)24-9-2-1-8-23(24)30(26)50/h1-4,7-10,15,17,20-21,29,32-34,37-38,40-41,44-45,49,52-54H,5-6,11-14,16,18-19,43H2,(H,46,55)/t20-,21-,29-,32-,33-,34+,37-,38-,40+,41+/m1/s1. The third kappa shape index (κ3) is 6.70. The molecular formula is C42H47N5O12. The quantitative estimate of drug-likeness (QED) is 0.113. The molecule has 9 N–H and O–H groups in total. The molecule has 17 nitrogen and oxygen atoms in total. The summed E-state index contributed by atoms with van der Waals surface area (Å²) in [6.07, 6.45) is -7.56. The maximum atomic E-state index is 14.5. The second-order valence-electron chi connectivity index (χ2n) is 16.1. The van der Waals surface area contributed by atoms with Gasteiger partial charge < -0.3 is 54.4 Å². The third-order valence-corrected chi connectivity index (χ3v) is 12.6. The number of carbonyl (C=O) groups excluding carboxylic acids is 4. The van der Waals surface area contributed by atoms with Gasteiger partial charge >= 0.3 is 0 Å². The number of hydrogen-bond donors (Lipinski definition) is 8. The van der Waals surface area contributed by atoms with E-state index in [2.05, 4.69) is 16.0 Å². The molecular weight excluding hydrogens is 766 g/mol. The predicted molar refractivity (Wildman–Crippen MR) is 207 cm³/mol. The summed E-state index contributed by atoms with van der Waals surface area (Å²) in [5, 5.41) is 54.3. The Labute approximate surface area is 338 Å². The van der Waals surface area contributed by atoms with E-state index in [-0.39, 0.29) is 65.8 Å². The van der Waals surface area contributed by atoms with E-state index < -0.39 is 85.0 Å². The summed E-state index contributed by atoms with van der Waals surface area (Å²) in [5.74, 6) is -2.38. The molecule has 10 atom stereocenters. The lowest BCUT2D eigenvalue weighted by Gasteiger charge is -2.47. The van der Waals surface area contributed by atoms with Crippen LogP contribution in [0.2, 0.25) is 0 Å². The van der Waals surface area contributed by atoms with Gasteiger partial charge in [-0.2, -0.15) is 0 Å². The highest BCUT2D eigenvalue weighted by Gasteiger charge is 2.56. The molecule has 4 fully saturated rings. The summed E-state index contributed by atoms with van der Waals surface area (Å²) in [7, 11) is 0. The van der Waals surface area contributed by atoms with Gasteiger partial charge in [-0.3, -0.25) is 30.8 Å². The van der Waals surface area contributed by atoms with Crippen molar-refractivity contribution in [2.24, 2.45) is 5.73 Å². The van der Waals surface area contributed by atoms with Crippen LogP contribution in [0.3, 0.4) is 0 Å². The second-order valence-corrected chi connectivity index (χ2v) is 16.1. The lowest BCUT2D eigenvalue weighted by Crippen LogP contribution is -2.70. The van der Waals surface area contributed by atoms with Crippen LogP contribution in [-0.4, -0.2) is 125 Å². The van der Waals surface area contributed by atoms with Crippen LogP contribution >= 0.6 is 0 Å². The number of fused-ring (bicyclic) bond motifs is 7. The van der Waals surface area contributed by atoms with E-state index in [9.17, 15) is 39.6 Å². The van der Waals surface area contributed by atoms with Crippen LogP contribution in [0.15, 0.2) is 54.6 Å². The smallest absolute Gasteiger partial charge is 0.242 e. The zero-order valence-corrected chi connectivity index (χ0v) is 32.0. The number of aliphatic hydroxyl groups excluding tert-OH is 4. The van der Waals surface area contributed by atoms with Crippen LogP contribution in [-0.2, 0) is 19.1 Å². The molecule has 17 heteroatoms. The number of anilines is 1. The number of aliphatic hydroxyl groups is 4. The van der Waals surface area contributed by atoms with Crippen LogP contribution in [0.25, 0.3) is 0 Å².